The highest BCUT2D eigenvalue weighted by molar-refractivity contribution is 5.81. The van der Waals surface area contributed by atoms with Crippen LogP contribution in [0, 0.1) is 6.92 Å². The Morgan fingerprint density at radius 1 is 1.04 bits per heavy atom. The lowest BCUT2D eigenvalue weighted by Gasteiger charge is -2.36. The minimum atomic E-state index is -0.0145. The highest BCUT2D eigenvalue weighted by Crippen LogP contribution is 2.21. The molecule has 1 fully saturated rings. The van der Waals surface area contributed by atoms with E-state index in [9.17, 15) is 4.79 Å². The SMILES string of the molecule is Cc1cncc(N2CCN(c3ccc4c(=O)n(C)cnc4c3)CC2)n1. The van der Waals surface area contributed by atoms with Crippen molar-refractivity contribution >= 4 is 22.4 Å². The van der Waals surface area contributed by atoms with Crippen LogP contribution in [0.15, 0.2) is 41.7 Å². The molecule has 0 spiro atoms. The topological polar surface area (TPSA) is 67.2 Å². The summed E-state index contributed by atoms with van der Waals surface area (Å²) in [4.78, 5) is 29.9. The molecule has 1 aromatic carbocycles. The van der Waals surface area contributed by atoms with Gasteiger partial charge in [0.05, 0.1) is 29.1 Å². The molecule has 3 heterocycles. The Kier molecular flexibility index (Phi) is 3.83. The number of aryl methyl sites for hydroxylation is 2. The maximum absolute atomic E-state index is 12.1. The van der Waals surface area contributed by atoms with Crippen LogP contribution in [0.3, 0.4) is 0 Å². The molecule has 25 heavy (non-hydrogen) atoms. The third-order valence-electron chi connectivity index (χ3n) is 4.61. The summed E-state index contributed by atoms with van der Waals surface area (Å²) < 4.78 is 1.50. The Morgan fingerprint density at radius 3 is 2.56 bits per heavy atom. The van der Waals surface area contributed by atoms with Crippen LogP contribution in [0.4, 0.5) is 11.5 Å². The molecule has 0 saturated carbocycles. The van der Waals surface area contributed by atoms with Gasteiger partial charge in [-0.05, 0) is 25.1 Å². The van der Waals surface area contributed by atoms with E-state index in [0.29, 0.717) is 5.39 Å². The van der Waals surface area contributed by atoms with E-state index in [0.717, 1.165) is 48.9 Å². The quantitative estimate of drug-likeness (QED) is 0.704. The Labute approximate surface area is 145 Å². The fraction of sp³-hybridized carbons (Fsp3) is 0.333. The molecule has 1 aliphatic rings. The monoisotopic (exact) mass is 336 g/mol. The molecule has 128 valence electrons. The molecule has 1 saturated heterocycles. The van der Waals surface area contributed by atoms with Gasteiger partial charge in [-0.1, -0.05) is 0 Å². The van der Waals surface area contributed by atoms with Crippen LogP contribution in [0.2, 0.25) is 0 Å². The number of fused-ring (bicyclic) bond motifs is 1. The van der Waals surface area contributed by atoms with Crippen molar-refractivity contribution in [2.75, 3.05) is 36.0 Å². The highest BCUT2D eigenvalue weighted by Gasteiger charge is 2.19. The van der Waals surface area contributed by atoms with Crippen molar-refractivity contribution in [1.29, 1.82) is 0 Å². The number of piperazine rings is 1. The zero-order chi connectivity index (χ0) is 17.4. The lowest BCUT2D eigenvalue weighted by molar-refractivity contribution is 0.645. The second-order valence-electron chi connectivity index (χ2n) is 6.35. The first-order chi connectivity index (χ1) is 12.1. The first-order valence-electron chi connectivity index (χ1n) is 8.36. The van der Waals surface area contributed by atoms with Crippen LogP contribution in [-0.4, -0.2) is 45.7 Å². The summed E-state index contributed by atoms with van der Waals surface area (Å²) in [5.41, 5.74) is 2.76. The summed E-state index contributed by atoms with van der Waals surface area (Å²) in [6, 6.07) is 5.88. The number of aromatic nitrogens is 4. The van der Waals surface area contributed by atoms with Crippen molar-refractivity contribution < 1.29 is 0 Å². The Bertz CT molecular complexity index is 975. The number of benzene rings is 1. The summed E-state index contributed by atoms with van der Waals surface area (Å²) in [5.74, 6) is 0.934. The van der Waals surface area contributed by atoms with E-state index in [2.05, 4.69) is 24.8 Å². The van der Waals surface area contributed by atoms with Crippen molar-refractivity contribution in [3.8, 4) is 0 Å². The van der Waals surface area contributed by atoms with E-state index >= 15 is 0 Å². The maximum atomic E-state index is 12.1. The van der Waals surface area contributed by atoms with Crippen LogP contribution >= 0.6 is 0 Å². The predicted octanol–water partition coefficient (Wildman–Crippen LogP) is 1.36. The second-order valence-corrected chi connectivity index (χ2v) is 6.35. The van der Waals surface area contributed by atoms with Gasteiger partial charge in [-0.2, -0.15) is 0 Å². The van der Waals surface area contributed by atoms with Gasteiger partial charge in [-0.25, -0.2) is 9.97 Å². The van der Waals surface area contributed by atoms with Crippen molar-refractivity contribution in [3.63, 3.8) is 0 Å². The van der Waals surface area contributed by atoms with E-state index in [1.165, 1.54) is 4.57 Å². The second kappa shape index (κ2) is 6.16. The smallest absolute Gasteiger partial charge is 0.260 e. The van der Waals surface area contributed by atoms with Gasteiger partial charge in [0.25, 0.3) is 5.56 Å². The molecule has 2 aromatic heterocycles. The number of hydrogen-bond donors (Lipinski definition) is 0. The maximum Gasteiger partial charge on any atom is 0.260 e. The van der Waals surface area contributed by atoms with Crippen molar-refractivity contribution in [2.45, 2.75) is 6.92 Å². The molecule has 3 aromatic rings. The predicted molar refractivity (Wildman–Crippen MR) is 98.2 cm³/mol. The third kappa shape index (κ3) is 2.93. The molecule has 7 heteroatoms. The summed E-state index contributed by atoms with van der Waals surface area (Å²) >= 11 is 0. The van der Waals surface area contributed by atoms with Crippen molar-refractivity contribution in [1.82, 2.24) is 19.5 Å². The van der Waals surface area contributed by atoms with Crippen LogP contribution < -0.4 is 15.4 Å². The van der Waals surface area contributed by atoms with Gasteiger partial charge >= 0.3 is 0 Å². The molecule has 0 bridgehead atoms. The summed E-state index contributed by atoms with van der Waals surface area (Å²) in [5, 5.41) is 0.655. The van der Waals surface area contributed by atoms with Gasteiger partial charge in [-0.15, -0.1) is 0 Å². The minimum Gasteiger partial charge on any atom is -0.368 e. The minimum absolute atomic E-state index is 0.0145. The summed E-state index contributed by atoms with van der Waals surface area (Å²) in [6.07, 6.45) is 5.16. The molecule has 4 rings (SSSR count). The van der Waals surface area contributed by atoms with Crippen LogP contribution in [0.5, 0.6) is 0 Å². The lowest BCUT2D eigenvalue weighted by atomic mass is 10.2. The van der Waals surface area contributed by atoms with E-state index < -0.39 is 0 Å². The van der Waals surface area contributed by atoms with E-state index in [1.807, 2.05) is 31.3 Å². The standard InChI is InChI=1S/C18H20N6O/c1-13-10-19-11-17(21-13)24-7-5-23(6-8-24)14-3-4-15-16(9-14)20-12-22(2)18(15)25/h3-4,9-12H,5-8H2,1-2H3. The third-order valence-corrected chi connectivity index (χ3v) is 4.61. The molecule has 1 aliphatic heterocycles. The molecule has 0 aliphatic carbocycles. The molecule has 7 nitrogen and oxygen atoms in total. The van der Waals surface area contributed by atoms with Crippen molar-refractivity contribution in [3.05, 3.63) is 53.0 Å². The fourth-order valence-electron chi connectivity index (χ4n) is 3.19. The Hall–Kier alpha value is -2.96. The van der Waals surface area contributed by atoms with Crippen LogP contribution in [0.25, 0.3) is 10.9 Å². The number of hydrogen-bond acceptors (Lipinski definition) is 6. The average Bonchev–Trinajstić information content (AvgIpc) is 2.65. The number of rotatable bonds is 2. The summed E-state index contributed by atoms with van der Waals surface area (Å²) in [7, 11) is 1.72. The molecular weight excluding hydrogens is 316 g/mol. The first-order valence-corrected chi connectivity index (χ1v) is 8.36. The van der Waals surface area contributed by atoms with E-state index in [1.54, 1.807) is 19.6 Å². The van der Waals surface area contributed by atoms with Gasteiger partial charge in [0, 0.05) is 45.1 Å². The van der Waals surface area contributed by atoms with Gasteiger partial charge < -0.3 is 14.4 Å². The number of nitrogens with zero attached hydrogens (tertiary/aromatic N) is 6. The van der Waals surface area contributed by atoms with E-state index in [-0.39, 0.29) is 5.56 Å². The molecule has 0 atom stereocenters. The fourth-order valence-corrected chi connectivity index (χ4v) is 3.19. The van der Waals surface area contributed by atoms with Gasteiger partial charge in [0.15, 0.2) is 0 Å². The Morgan fingerprint density at radius 2 is 1.80 bits per heavy atom. The molecule has 0 amide bonds. The zero-order valence-corrected chi connectivity index (χ0v) is 14.4. The average molecular weight is 336 g/mol. The van der Waals surface area contributed by atoms with Crippen LogP contribution in [0.1, 0.15) is 5.69 Å². The molecule has 0 N–H and O–H groups in total. The molecule has 0 unspecified atom stereocenters. The van der Waals surface area contributed by atoms with Gasteiger partial charge in [0.1, 0.15) is 5.82 Å². The van der Waals surface area contributed by atoms with E-state index in [4.69, 9.17) is 0 Å². The highest BCUT2D eigenvalue weighted by atomic mass is 16.1. The molecular formula is C18H20N6O. The van der Waals surface area contributed by atoms with Crippen LogP contribution in [-0.2, 0) is 7.05 Å². The van der Waals surface area contributed by atoms with Gasteiger partial charge in [-0.3, -0.25) is 9.78 Å². The number of anilines is 2. The largest absolute Gasteiger partial charge is 0.368 e. The summed E-state index contributed by atoms with van der Waals surface area (Å²) in [6.45, 7) is 5.53. The molecule has 0 radical (unpaired) electrons. The zero-order valence-electron chi connectivity index (χ0n) is 14.4. The Balaban J connectivity index is 1.53. The van der Waals surface area contributed by atoms with Gasteiger partial charge in [0.2, 0.25) is 0 Å². The normalized spacial score (nSPS) is 15.0. The lowest BCUT2D eigenvalue weighted by Crippen LogP contribution is -2.46. The first kappa shape index (κ1) is 15.6. The van der Waals surface area contributed by atoms with Crippen molar-refractivity contribution in [2.24, 2.45) is 7.05 Å².